The Morgan fingerprint density at radius 3 is 2.93 bits per heavy atom. The largest absolute Gasteiger partial charge is 0.370 e. The highest BCUT2D eigenvalue weighted by Gasteiger charge is 2.28. The molecule has 0 bridgehead atoms. The molecule has 1 heterocycles. The molecule has 1 aromatic rings. The van der Waals surface area contributed by atoms with Gasteiger partial charge in [0.1, 0.15) is 0 Å². The highest BCUT2D eigenvalue weighted by atomic mass is 79.9. The molecule has 0 radical (unpaired) electrons. The number of likely N-dealkylation sites (N-methyl/N-ethyl adjacent to an activating group) is 1. The Kier molecular flexibility index (Phi) is 2.54. The van der Waals surface area contributed by atoms with Crippen LogP contribution in [0.4, 0.5) is 5.69 Å². The lowest BCUT2D eigenvalue weighted by Crippen LogP contribution is -2.42. The van der Waals surface area contributed by atoms with Gasteiger partial charge in [0.25, 0.3) is 0 Å². The molecule has 0 spiro atoms. The molecule has 0 amide bonds. The number of anilines is 1. The molecule has 76 valence electrons. The van der Waals surface area contributed by atoms with E-state index in [2.05, 4.69) is 53.0 Å². The van der Waals surface area contributed by atoms with E-state index < -0.39 is 0 Å². The first-order valence-corrected chi connectivity index (χ1v) is 5.65. The van der Waals surface area contributed by atoms with Gasteiger partial charge in [0, 0.05) is 29.3 Å². The minimum Gasteiger partial charge on any atom is -0.370 e. The minimum atomic E-state index is 0.214. The molecular formula is C11H15BrN2. The molecule has 0 saturated heterocycles. The molecule has 2 nitrogen and oxygen atoms in total. The topological polar surface area (TPSA) is 29.3 Å². The molecule has 2 rings (SSSR count). The van der Waals surface area contributed by atoms with Crippen LogP contribution in [0.15, 0.2) is 22.7 Å². The molecule has 0 saturated carbocycles. The van der Waals surface area contributed by atoms with E-state index in [4.69, 9.17) is 5.73 Å². The van der Waals surface area contributed by atoms with E-state index in [-0.39, 0.29) is 6.04 Å². The molecule has 1 aliphatic heterocycles. The van der Waals surface area contributed by atoms with Crippen molar-refractivity contribution in [3.63, 3.8) is 0 Å². The van der Waals surface area contributed by atoms with Crippen molar-refractivity contribution in [2.24, 2.45) is 5.73 Å². The normalized spacial score (nSPS) is 22.3. The van der Waals surface area contributed by atoms with Crippen LogP contribution in [0, 0.1) is 0 Å². The molecule has 14 heavy (non-hydrogen) atoms. The average Bonchev–Trinajstić information content (AvgIpc) is 2.43. The molecule has 0 aromatic heterocycles. The monoisotopic (exact) mass is 254 g/mol. The number of halogens is 1. The van der Waals surface area contributed by atoms with Crippen LogP contribution in [-0.4, -0.2) is 19.1 Å². The minimum absolute atomic E-state index is 0.214. The third-order valence-corrected chi connectivity index (χ3v) is 3.45. The van der Waals surface area contributed by atoms with E-state index in [0.29, 0.717) is 6.04 Å². The summed E-state index contributed by atoms with van der Waals surface area (Å²) in [5.41, 5.74) is 8.66. The van der Waals surface area contributed by atoms with Crippen molar-refractivity contribution in [3.8, 4) is 0 Å². The number of nitrogens with zero attached hydrogens (tertiary/aromatic N) is 1. The second-order valence-corrected chi connectivity index (χ2v) is 4.93. The van der Waals surface area contributed by atoms with Crippen molar-refractivity contribution >= 4 is 21.6 Å². The summed E-state index contributed by atoms with van der Waals surface area (Å²) in [5.74, 6) is 0. The van der Waals surface area contributed by atoms with E-state index in [1.54, 1.807) is 0 Å². The number of hydrogen-bond donors (Lipinski definition) is 1. The number of fused-ring (bicyclic) bond motifs is 1. The number of hydrogen-bond acceptors (Lipinski definition) is 2. The van der Waals surface area contributed by atoms with Gasteiger partial charge >= 0.3 is 0 Å². The van der Waals surface area contributed by atoms with Crippen LogP contribution in [0.1, 0.15) is 12.5 Å². The van der Waals surface area contributed by atoms with Crippen LogP contribution >= 0.6 is 15.9 Å². The van der Waals surface area contributed by atoms with Crippen LogP contribution in [0.3, 0.4) is 0 Å². The second kappa shape index (κ2) is 3.55. The van der Waals surface area contributed by atoms with Crippen molar-refractivity contribution in [1.82, 2.24) is 0 Å². The lowest BCUT2D eigenvalue weighted by molar-refractivity contribution is 0.556. The maximum Gasteiger partial charge on any atom is 0.0476 e. The van der Waals surface area contributed by atoms with Gasteiger partial charge < -0.3 is 10.6 Å². The van der Waals surface area contributed by atoms with Crippen molar-refractivity contribution in [2.75, 3.05) is 11.9 Å². The fourth-order valence-electron chi connectivity index (χ4n) is 2.14. The number of rotatable bonds is 1. The highest BCUT2D eigenvalue weighted by molar-refractivity contribution is 9.10. The molecule has 2 unspecified atom stereocenters. The summed E-state index contributed by atoms with van der Waals surface area (Å²) in [6.45, 7) is 2.07. The molecular weight excluding hydrogens is 240 g/mol. The van der Waals surface area contributed by atoms with E-state index in [9.17, 15) is 0 Å². The fraction of sp³-hybridized carbons (Fsp3) is 0.455. The zero-order valence-electron chi connectivity index (χ0n) is 8.50. The lowest BCUT2D eigenvalue weighted by Gasteiger charge is -2.25. The van der Waals surface area contributed by atoms with Crippen molar-refractivity contribution in [2.45, 2.75) is 25.4 Å². The van der Waals surface area contributed by atoms with Gasteiger partial charge in [0.05, 0.1) is 0 Å². The third kappa shape index (κ3) is 1.55. The van der Waals surface area contributed by atoms with Gasteiger partial charge in [-0.15, -0.1) is 0 Å². The number of benzene rings is 1. The Morgan fingerprint density at radius 1 is 1.57 bits per heavy atom. The molecule has 0 aliphatic carbocycles. The van der Waals surface area contributed by atoms with Crippen LogP contribution in [-0.2, 0) is 6.42 Å². The smallest absolute Gasteiger partial charge is 0.0476 e. The van der Waals surface area contributed by atoms with E-state index >= 15 is 0 Å². The maximum absolute atomic E-state index is 5.95. The van der Waals surface area contributed by atoms with Gasteiger partial charge in [-0.05, 0) is 37.1 Å². The molecule has 3 heteroatoms. The standard InChI is InChI=1S/C11H15BrN2/c1-7(13)11-6-8-5-9(12)3-4-10(8)14(11)2/h3-5,7,11H,6,13H2,1-2H3. The lowest BCUT2D eigenvalue weighted by atomic mass is 10.1. The first-order chi connectivity index (χ1) is 6.59. The highest BCUT2D eigenvalue weighted by Crippen LogP contribution is 2.33. The third-order valence-electron chi connectivity index (χ3n) is 2.95. The summed E-state index contributed by atoms with van der Waals surface area (Å²) >= 11 is 3.49. The average molecular weight is 255 g/mol. The first-order valence-electron chi connectivity index (χ1n) is 4.86. The molecule has 1 aliphatic rings. The molecule has 1 aromatic carbocycles. The zero-order chi connectivity index (χ0) is 10.3. The predicted molar refractivity (Wildman–Crippen MR) is 63.7 cm³/mol. The Balaban J connectivity index is 2.35. The number of nitrogens with two attached hydrogens (primary N) is 1. The molecule has 0 fully saturated rings. The fourth-order valence-corrected chi connectivity index (χ4v) is 2.55. The zero-order valence-corrected chi connectivity index (χ0v) is 10.1. The maximum atomic E-state index is 5.95. The summed E-state index contributed by atoms with van der Waals surface area (Å²) in [4.78, 5) is 2.28. The van der Waals surface area contributed by atoms with Gasteiger partial charge in [0.15, 0.2) is 0 Å². The van der Waals surface area contributed by atoms with Gasteiger partial charge in [-0.1, -0.05) is 15.9 Å². The van der Waals surface area contributed by atoms with E-state index in [0.717, 1.165) is 10.9 Å². The summed E-state index contributed by atoms with van der Waals surface area (Å²) in [6, 6.07) is 7.08. The van der Waals surface area contributed by atoms with Crippen molar-refractivity contribution < 1.29 is 0 Å². The van der Waals surface area contributed by atoms with Gasteiger partial charge in [-0.25, -0.2) is 0 Å². The van der Waals surface area contributed by atoms with E-state index in [1.165, 1.54) is 11.3 Å². The predicted octanol–water partition coefficient (Wildman–Crippen LogP) is 2.16. The Morgan fingerprint density at radius 2 is 2.29 bits per heavy atom. The van der Waals surface area contributed by atoms with Crippen LogP contribution < -0.4 is 10.6 Å². The summed E-state index contributed by atoms with van der Waals surface area (Å²) in [5, 5.41) is 0. The van der Waals surface area contributed by atoms with Crippen LogP contribution in [0.25, 0.3) is 0 Å². The van der Waals surface area contributed by atoms with Gasteiger partial charge in [-0.2, -0.15) is 0 Å². The van der Waals surface area contributed by atoms with Crippen LogP contribution in [0.5, 0.6) is 0 Å². The summed E-state index contributed by atoms with van der Waals surface area (Å²) in [6.07, 6.45) is 1.06. The van der Waals surface area contributed by atoms with Crippen molar-refractivity contribution in [3.05, 3.63) is 28.2 Å². The van der Waals surface area contributed by atoms with Gasteiger partial charge in [0.2, 0.25) is 0 Å². The van der Waals surface area contributed by atoms with E-state index in [1.807, 2.05) is 0 Å². The summed E-state index contributed by atoms with van der Waals surface area (Å²) < 4.78 is 1.15. The molecule has 2 N–H and O–H groups in total. The summed E-state index contributed by atoms with van der Waals surface area (Å²) in [7, 11) is 2.12. The second-order valence-electron chi connectivity index (χ2n) is 4.01. The Labute approximate surface area is 93.2 Å². The SMILES string of the molecule is CC(N)C1Cc2cc(Br)ccc2N1C. The van der Waals surface area contributed by atoms with Gasteiger partial charge in [-0.3, -0.25) is 0 Å². The quantitative estimate of drug-likeness (QED) is 0.833. The van der Waals surface area contributed by atoms with Crippen molar-refractivity contribution in [1.29, 1.82) is 0 Å². The Hall–Kier alpha value is -0.540. The Bertz CT molecular complexity index is 349. The first kappa shape index (κ1) is 9.99. The molecule has 2 atom stereocenters. The van der Waals surface area contributed by atoms with Crippen LogP contribution in [0.2, 0.25) is 0 Å².